The van der Waals surface area contributed by atoms with E-state index in [0.29, 0.717) is 0 Å². The van der Waals surface area contributed by atoms with Crippen LogP contribution in [-0.4, -0.2) is 0 Å². The Morgan fingerprint density at radius 1 is 0.267 bits per heavy atom. The second kappa shape index (κ2) is 13.1. The molecule has 3 nitrogen and oxygen atoms in total. The van der Waals surface area contributed by atoms with Crippen LogP contribution in [-0.2, 0) is 0 Å². The van der Waals surface area contributed by atoms with E-state index in [4.69, 9.17) is 0 Å². The SMILES string of the molecule is c1ccc(-c2ccccc2-c2ccc(NN(Nc3ccc(-c4ccccc4-c4ccccc4)cc3)c3ccccc3)cc2)cc1. The van der Waals surface area contributed by atoms with Gasteiger partial charge < -0.3 is 0 Å². The number of nitrogens with one attached hydrogen (secondary N) is 2. The maximum atomic E-state index is 3.57. The number of rotatable bonds is 9. The molecule has 7 aromatic carbocycles. The Labute approximate surface area is 265 Å². The molecule has 0 atom stereocenters. The average Bonchev–Trinajstić information content (AvgIpc) is 3.13. The van der Waals surface area contributed by atoms with Gasteiger partial charge in [0.2, 0.25) is 0 Å². The molecule has 0 radical (unpaired) electrons. The Balaban J connectivity index is 1.13. The molecule has 0 aliphatic rings. The Hall–Kier alpha value is -6.06. The minimum Gasteiger partial charge on any atom is -0.280 e. The fourth-order valence-electron chi connectivity index (χ4n) is 5.65. The molecule has 0 saturated heterocycles. The number of hydrogen-bond donors (Lipinski definition) is 2. The second-order valence-electron chi connectivity index (χ2n) is 10.9. The van der Waals surface area contributed by atoms with Crippen molar-refractivity contribution < 1.29 is 0 Å². The zero-order valence-corrected chi connectivity index (χ0v) is 24.8. The minimum atomic E-state index is 0.973. The van der Waals surface area contributed by atoms with Crippen LogP contribution in [0.5, 0.6) is 0 Å². The molecule has 0 aliphatic heterocycles. The molecule has 3 heteroatoms. The highest BCUT2D eigenvalue weighted by Gasteiger charge is 2.11. The predicted molar refractivity (Wildman–Crippen MR) is 191 cm³/mol. The van der Waals surface area contributed by atoms with Crippen LogP contribution in [0.3, 0.4) is 0 Å². The van der Waals surface area contributed by atoms with Gasteiger partial charge in [-0.15, -0.1) is 0 Å². The molecule has 0 heterocycles. The van der Waals surface area contributed by atoms with Gasteiger partial charge in [-0.1, -0.05) is 152 Å². The predicted octanol–water partition coefficient (Wildman–Crippen LogP) is 11.2. The zero-order valence-electron chi connectivity index (χ0n) is 24.8. The number of para-hydroxylation sites is 1. The van der Waals surface area contributed by atoms with E-state index in [1.807, 2.05) is 23.3 Å². The molecular weight excluding hydrogens is 546 g/mol. The van der Waals surface area contributed by atoms with Crippen LogP contribution in [0, 0.1) is 0 Å². The van der Waals surface area contributed by atoms with Crippen LogP contribution in [0.25, 0.3) is 44.5 Å². The summed E-state index contributed by atoms with van der Waals surface area (Å²) in [5.41, 5.74) is 19.7. The summed E-state index contributed by atoms with van der Waals surface area (Å²) in [5.74, 6) is 0. The molecule has 0 saturated carbocycles. The summed E-state index contributed by atoms with van der Waals surface area (Å²) in [7, 11) is 0. The third-order valence-electron chi connectivity index (χ3n) is 7.91. The molecule has 2 N–H and O–H groups in total. The molecule has 7 aromatic rings. The lowest BCUT2D eigenvalue weighted by Crippen LogP contribution is -2.35. The van der Waals surface area contributed by atoms with Gasteiger partial charge in [0.05, 0.1) is 17.1 Å². The summed E-state index contributed by atoms with van der Waals surface area (Å²) in [6, 6.07) is 65.7. The highest BCUT2D eigenvalue weighted by atomic mass is 15.7. The van der Waals surface area contributed by atoms with Gasteiger partial charge in [0.1, 0.15) is 0 Å². The Kier molecular flexibility index (Phi) is 8.06. The highest BCUT2D eigenvalue weighted by Crippen LogP contribution is 2.34. The summed E-state index contributed by atoms with van der Waals surface area (Å²) in [4.78, 5) is 0. The van der Waals surface area contributed by atoms with E-state index in [0.717, 1.165) is 17.1 Å². The van der Waals surface area contributed by atoms with Gasteiger partial charge in [-0.25, -0.2) is 0 Å². The van der Waals surface area contributed by atoms with E-state index in [1.54, 1.807) is 0 Å². The number of hydrogen-bond acceptors (Lipinski definition) is 3. The molecule has 0 aromatic heterocycles. The first kappa shape index (κ1) is 27.8. The molecule has 45 heavy (non-hydrogen) atoms. The quantitative estimate of drug-likeness (QED) is 0.167. The smallest absolute Gasteiger partial charge is 0.0811 e. The molecule has 216 valence electrons. The van der Waals surface area contributed by atoms with E-state index in [2.05, 4.69) is 181 Å². The summed E-state index contributed by atoms with van der Waals surface area (Å²) in [6.45, 7) is 0. The fraction of sp³-hybridized carbons (Fsp3) is 0. The van der Waals surface area contributed by atoms with E-state index < -0.39 is 0 Å². The first-order valence-corrected chi connectivity index (χ1v) is 15.2. The van der Waals surface area contributed by atoms with Crippen molar-refractivity contribution in [2.75, 3.05) is 16.0 Å². The second-order valence-corrected chi connectivity index (χ2v) is 10.9. The molecular formula is C42H33N3. The number of anilines is 3. The van der Waals surface area contributed by atoms with Gasteiger partial charge >= 0.3 is 0 Å². The monoisotopic (exact) mass is 579 g/mol. The minimum absolute atomic E-state index is 0.973. The van der Waals surface area contributed by atoms with Crippen molar-refractivity contribution in [2.24, 2.45) is 0 Å². The first-order chi connectivity index (χ1) is 22.3. The number of hydrazine groups is 2. The van der Waals surface area contributed by atoms with Gasteiger partial charge in [0, 0.05) is 0 Å². The standard InChI is InChI=1S/C42H33N3/c1-4-14-32(15-5-1)39-20-10-12-22-41(39)34-24-28-36(29-25-34)43-45(38-18-8-3-9-19-38)44-37-30-26-35(27-31-37)42-23-13-11-21-40(42)33-16-6-2-7-17-33/h1-31,43-44H. The van der Waals surface area contributed by atoms with Gasteiger partial charge in [-0.3, -0.25) is 10.9 Å². The van der Waals surface area contributed by atoms with Crippen LogP contribution in [0.15, 0.2) is 188 Å². The van der Waals surface area contributed by atoms with Crippen LogP contribution in [0.4, 0.5) is 17.1 Å². The Morgan fingerprint density at radius 3 is 0.911 bits per heavy atom. The van der Waals surface area contributed by atoms with Gasteiger partial charge in [0.25, 0.3) is 0 Å². The molecule has 0 spiro atoms. The van der Waals surface area contributed by atoms with E-state index in [1.165, 1.54) is 44.5 Å². The lowest BCUT2D eigenvalue weighted by Gasteiger charge is -2.28. The zero-order chi connectivity index (χ0) is 30.3. The lowest BCUT2D eigenvalue weighted by atomic mass is 9.94. The average molecular weight is 580 g/mol. The van der Waals surface area contributed by atoms with Gasteiger partial charge in [-0.05, 0) is 80.9 Å². The largest absolute Gasteiger partial charge is 0.280 e. The van der Waals surface area contributed by atoms with Crippen LogP contribution < -0.4 is 16.0 Å². The van der Waals surface area contributed by atoms with E-state index >= 15 is 0 Å². The normalized spacial score (nSPS) is 10.7. The van der Waals surface area contributed by atoms with Crippen molar-refractivity contribution in [3.8, 4) is 44.5 Å². The fourth-order valence-corrected chi connectivity index (χ4v) is 5.65. The first-order valence-electron chi connectivity index (χ1n) is 15.2. The highest BCUT2D eigenvalue weighted by molar-refractivity contribution is 5.85. The molecule has 0 unspecified atom stereocenters. The maximum absolute atomic E-state index is 3.57. The topological polar surface area (TPSA) is 27.3 Å². The Morgan fingerprint density at radius 2 is 0.556 bits per heavy atom. The molecule has 0 fully saturated rings. The number of nitrogens with zero attached hydrogens (tertiary/aromatic N) is 1. The van der Waals surface area contributed by atoms with Crippen molar-refractivity contribution in [3.05, 3.63) is 188 Å². The van der Waals surface area contributed by atoms with E-state index in [9.17, 15) is 0 Å². The Bertz CT molecular complexity index is 1840. The summed E-state index contributed by atoms with van der Waals surface area (Å²) in [5, 5.41) is 1.96. The van der Waals surface area contributed by atoms with Gasteiger partial charge in [0.15, 0.2) is 0 Å². The van der Waals surface area contributed by atoms with Gasteiger partial charge in [-0.2, -0.15) is 5.12 Å². The summed E-state index contributed by atoms with van der Waals surface area (Å²) < 4.78 is 0. The molecule has 0 bridgehead atoms. The van der Waals surface area contributed by atoms with Crippen LogP contribution >= 0.6 is 0 Å². The van der Waals surface area contributed by atoms with Crippen molar-refractivity contribution in [1.29, 1.82) is 0 Å². The summed E-state index contributed by atoms with van der Waals surface area (Å²) in [6.07, 6.45) is 0. The maximum Gasteiger partial charge on any atom is 0.0811 e. The molecule has 7 rings (SSSR count). The van der Waals surface area contributed by atoms with Crippen LogP contribution in [0.1, 0.15) is 0 Å². The van der Waals surface area contributed by atoms with E-state index in [-0.39, 0.29) is 0 Å². The van der Waals surface area contributed by atoms with Crippen molar-refractivity contribution in [3.63, 3.8) is 0 Å². The third kappa shape index (κ3) is 6.34. The molecule has 0 amide bonds. The number of benzene rings is 7. The van der Waals surface area contributed by atoms with Crippen LogP contribution in [0.2, 0.25) is 0 Å². The van der Waals surface area contributed by atoms with Crippen molar-refractivity contribution in [2.45, 2.75) is 0 Å². The third-order valence-corrected chi connectivity index (χ3v) is 7.91. The lowest BCUT2D eigenvalue weighted by molar-refractivity contribution is 1.06. The van der Waals surface area contributed by atoms with Crippen molar-refractivity contribution >= 4 is 17.1 Å². The molecule has 0 aliphatic carbocycles. The van der Waals surface area contributed by atoms with Crippen molar-refractivity contribution in [1.82, 2.24) is 0 Å². The summed E-state index contributed by atoms with van der Waals surface area (Å²) >= 11 is 0.